The minimum absolute atomic E-state index is 0.250. The zero-order chi connectivity index (χ0) is 7.82. The molecule has 0 atom stereocenters. The summed E-state index contributed by atoms with van der Waals surface area (Å²) in [6.45, 7) is 0. The van der Waals surface area contributed by atoms with E-state index in [9.17, 15) is 0 Å². The molecule has 0 saturated carbocycles. The number of carbonyl (C=O) groups excluding carboxylic acids is 2. The van der Waals surface area contributed by atoms with Gasteiger partial charge in [0.1, 0.15) is 5.75 Å². The van der Waals surface area contributed by atoms with Crippen LogP contribution in [-0.2, 0) is 9.59 Å². The zero-order valence-electron chi connectivity index (χ0n) is 5.15. The van der Waals surface area contributed by atoms with E-state index in [1.807, 2.05) is 6.07 Å². The van der Waals surface area contributed by atoms with E-state index < -0.39 is 0 Å². The van der Waals surface area contributed by atoms with Crippen molar-refractivity contribution >= 4 is 6.15 Å². The van der Waals surface area contributed by atoms with Gasteiger partial charge < -0.3 is 5.11 Å². The highest BCUT2D eigenvalue weighted by Crippen LogP contribution is 2.02. The lowest BCUT2D eigenvalue weighted by atomic mass is 10.3. The van der Waals surface area contributed by atoms with Crippen molar-refractivity contribution in [2.45, 2.75) is 0 Å². The first-order chi connectivity index (χ1) is 4.81. The van der Waals surface area contributed by atoms with Crippen molar-refractivity contribution in [3.8, 4) is 5.75 Å². The molecule has 1 aromatic rings. The predicted octanol–water partition coefficient (Wildman–Crippen LogP) is 0.809. The van der Waals surface area contributed by atoms with Gasteiger partial charge in [-0.3, -0.25) is 0 Å². The van der Waals surface area contributed by atoms with Crippen LogP contribution in [0, 0.1) is 0 Å². The minimum atomic E-state index is 0.250. The van der Waals surface area contributed by atoms with Crippen LogP contribution in [0.15, 0.2) is 30.3 Å². The van der Waals surface area contributed by atoms with Crippen molar-refractivity contribution in [3.63, 3.8) is 0 Å². The average molecular weight is 138 g/mol. The third-order valence-corrected chi connectivity index (χ3v) is 0.756. The van der Waals surface area contributed by atoms with Gasteiger partial charge in [0.05, 0.1) is 0 Å². The number of rotatable bonds is 0. The van der Waals surface area contributed by atoms with E-state index in [0.29, 0.717) is 5.75 Å². The Morgan fingerprint density at radius 3 is 1.70 bits per heavy atom. The largest absolute Gasteiger partial charge is 0.508 e. The quantitative estimate of drug-likeness (QED) is 0.577. The second kappa shape index (κ2) is 5.54. The summed E-state index contributed by atoms with van der Waals surface area (Å²) >= 11 is 0. The number of benzene rings is 1. The molecule has 1 N–H and O–H groups in total. The van der Waals surface area contributed by atoms with Crippen LogP contribution in [0.2, 0.25) is 0 Å². The van der Waals surface area contributed by atoms with Crippen LogP contribution in [0.25, 0.3) is 0 Å². The summed E-state index contributed by atoms with van der Waals surface area (Å²) < 4.78 is 0. The molecule has 0 aliphatic rings. The number of hydrogen-bond acceptors (Lipinski definition) is 3. The third kappa shape index (κ3) is 4.56. The molecule has 0 fully saturated rings. The maximum Gasteiger partial charge on any atom is 0.373 e. The summed E-state index contributed by atoms with van der Waals surface area (Å²) in [7, 11) is 0. The van der Waals surface area contributed by atoms with E-state index >= 15 is 0 Å². The van der Waals surface area contributed by atoms with Crippen LogP contribution in [0.1, 0.15) is 0 Å². The average Bonchev–Trinajstić information content (AvgIpc) is 1.91. The van der Waals surface area contributed by atoms with Crippen LogP contribution in [-0.4, -0.2) is 11.3 Å². The fourth-order valence-electron chi connectivity index (χ4n) is 0.428. The van der Waals surface area contributed by atoms with Crippen LogP contribution in [0.4, 0.5) is 0 Å². The number of para-hydroxylation sites is 1. The molecule has 1 rings (SSSR count). The Balaban J connectivity index is 0.000000236. The predicted molar refractivity (Wildman–Crippen MR) is 33.1 cm³/mol. The van der Waals surface area contributed by atoms with Gasteiger partial charge >= 0.3 is 6.15 Å². The van der Waals surface area contributed by atoms with Crippen molar-refractivity contribution in [1.82, 2.24) is 0 Å². The lowest BCUT2D eigenvalue weighted by molar-refractivity contribution is -0.191. The molecule has 0 radical (unpaired) electrons. The van der Waals surface area contributed by atoms with E-state index in [-0.39, 0.29) is 6.15 Å². The van der Waals surface area contributed by atoms with Crippen LogP contribution >= 0.6 is 0 Å². The van der Waals surface area contributed by atoms with Gasteiger partial charge in [-0.15, -0.1) is 0 Å². The molecule has 0 unspecified atom stereocenters. The van der Waals surface area contributed by atoms with Gasteiger partial charge in [-0.05, 0) is 12.1 Å². The Bertz CT molecular complexity index is 199. The molecule has 0 aliphatic carbocycles. The molecule has 52 valence electrons. The number of phenols is 1. The van der Waals surface area contributed by atoms with E-state index in [2.05, 4.69) is 0 Å². The molecule has 0 aliphatic heterocycles. The fraction of sp³-hybridized carbons (Fsp3) is 0. The molecule has 0 saturated heterocycles. The summed E-state index contributed by atoms with van der Waals surface area (Å²) in [6, 6.07) is 8.71. The summed E-state index contributed by atoms with van der Waals surface area (Å²) in [5, 5.41) is 8.63. The van der Waals surface area contributed by atoms with Gasteiger partial charge in [-0.25, -0.2) is 0 Å². The summed E-state index contributed by atoms with van der Waals surface area (Å²) in [4.78, 5) is 16.2. The van der Waals surface area contributed by atoms with Crippen molar-refractivity contribution in [2.75, 3.05) is 0 Å². The van der Waals surface area contributed by atoms with Crippen LogP contribution in [0.3, 0.4) is 0 Å². The molecule has 1 aromatic carbocycles. The summed E-state index contributed by atoms with van der Waals surface area (Å²) in [5.41, 5.74) is 0. The Morgan fingerprint density at radius 2 is 1.50 bits per heavy atom. The molecular weight excluding hydrogens is 132 g/mol. The maximum atomic E-state index is 8.63. The SMILES string of the molecule is O=C=O.Oc1ccccc1. The smallest absolute Gasteiger partial charge is 0.373 e. The normalized spacial score (nSPS) is 6.80. The molecule has 3 heteroatoms. The van der Waals surface area contributed by atoms with Gasteiger partial charge in [0.2, 0.25) is 0 Å². The highest BCUT2D eigenvalue weighted by molar-refractivity contribution is 5.20. The highest BCUT2D eigenvalue weighted by atomic mass is 16.3. The lowest BCUT2D eigenvalue weighted by Gasteiger charge is -1.82. The fourth-order valence-corrected chi connectivity index (χ4v) is 0.428. The molecule has 3 nitrogen and oxygen atoms in total. The molecule has 0 amide bonds. The van der Waals surface area contributed by atoms with Crippen molar-refractivity contribution < 1.29 is 14.7 Å². The molecule has 0 heterocycles. The Labute approximate surface area is 57.9 Å². The molecule has 10 heavy (non-hydrogen) atoms. The Morgan fingerprint density at radius 1 is 1.10 bits per heavy atom. The minimum Gasteiger partial charge on any atom is -0.508 e. The summed E-state index contributed by atoms with van der Waals surface area (Å²) in [5.74, 6) is 0.322. The van der Waals surface area contributed by atoms with E-state index in [1.165, 1.54) is 0 Å². The third-order valence-electron chi connectivity index (χ3n) is 0.756. The Kier molecular flexibility index (Phi) is 4.65. The van der Waals surface area contributed by atoms with Gasteiger partial charge in [-0.1, -0.05) is 18.2 Å². The highest BCUT2D eigenvalue weighted by Gasteiger charge is 1.74. The molecule has 0 bridgehead atoms. The van der Waals surface area contributed by atoms with E-state index in [1.54, 1.807) is 24.3 Å². The number of phenolic OH excluding ortho intramolecular Hbond substituents is 1. The Hall–Kier alpha value is -1.60. The van der Waals surface area contributed by atoms with Crippen LogP contribution in [0.5, 0.6) is 5.75 Å². The summed E-state index contributed by atoms with van der Waals surface area (Å²) in [6.07, 6.45) is 0.250. The second-order valence-corrected chi connectivity index (χ2v) is 1.42. The monoisotopic (exact) mass is 138 g/mol. The topological polar surface area (TPSA) is 54.4 Å². The van der Waals surface area contributed by atoms with Crippen molar-refractivity contribution in [2.24, 2.45) is 0 Å². The van der Waals surface area contributed by atoms with Crippen molar-refractivity contribution in [3.05, 3.63) is 30.3 Å². The van der Waals surface area contributed by atoms with Gasteiger partial charge in [0.25, 0.3) is 0 Å². The van der Waals surface area contributed by atoms with Crippen LogP contribution < -0.4 is 0 Å². The maximum absolute atomic E-state index is 8.63. The first-order valence-corrected chi connectivity index (χ1v) is 2.54. The van der Waals surface area contributed by atoms with E-state index in [4.69, 9.17) is 14.7 Å². The van der Waals surface area contributed by atoms with Gasteiger partial charge in [0, 0.05) is 0 Å². The number of aromatic hydroxyl groups is 1. The lowest BCUT2D eigenvalue weighted by Crippen LogP contribution is -1.56. The number of hydrogen-bond donors (Lipinski definition) is 1. The molecular formula is C7H6O3. The van der Waals surface area contributed by atoms with Gasteiger partial charge in [0.15, 0.2) is 0 Å². The molecule has 0 spiro atoms. The van der Waals surface area contributed by atoms with Crippen molar-refractivity contribution in [1.29, 1.82) is 0 Å². The molecule has 0 aromatic heterocycles. The first kappa shape index (κ1) is 8.40. The standard InChI is InChI=1S/C6H6O.CO2/c7-6-4-2-1-3-5-6;2-1-3/h1-5,7H;. The zero-order valence-corrected chi connectivity index (χ0v) is 5.15. The first-order valence-electron chi connectivity index (χ1n) is 2.54. The van der Waals surface area contributed by atoms with E-state index in [0.717, 1.165) is 0 Å². The van der Waals surface area contributed by atoms with Gasteiger partial charge in [-0.2, -0.15) is 9.59 Å². The second-order valence-electron chi connectivity index (χ2n) is 1.42.